The summed E-state index contributed by atoms with van der Waals surface area (Å²) >= 11 is 0. The number of aryl methyl sites for hydroxylation is 2. The first-order chi connectivity index (χ1) is 8.78. The van der Waals surface area contributed by atoms with Crippen LogP contribution in [0, 0.1) is 24.2 Å². The number of carbonyl (C=O) groups is 2. The van der Waals surface area contributed by atoms with Crippen LogP contribution in [0.5, 0.6) is 0 Å². The summed E-state index contributed by atoms with van der Waals surface area (Å²) in [6.45, 7) is 8.20. The zero-order chi connectivity index (χ0) is 14.4. The molecule has 2 rings (SSSR count). The first-order valence-corrected chi connectivity index (χ1v) is 6.37. The van der Waals surface area contributed by atoms with E-state index in [0.29, 0.717) is 5.82 Å². The minimum atomic E-state index is -0.916. The van der Waals surface area contributed by atoms with Gasteiger partial charge in [0.1, 0.15) is 0 Å². The minimum absolute atomic E-state index is 0.266. The van der Waals surface area contributed by atoms with E-state index in [9.17, 15) is 9.59 Å². The van der Waals surface area contributed by atoms with Gasteiger partial charge in [0.2, 0.25) is 5.91 Å². The predicted octanol–water partition coefficient (Wildman–Crippen LogP) is 1.51. The van der Waals surface area contributed by atoms with Crippen LogP contribution in [-0.4, -0.2) is 26.8 Å². The second kappa shape index (κ2) is 4.36. The van der Waals surface area contributed by atoms with Crippen LogP contribution >= 0.6 is 0 Å². The molecule has 0 spiro atoms. The molecule has 1 saturated carbocycles. The average molecular weight is 265 g/mol. The van der Waals surface area contributed by atoms with E-state index in [2.05, 4.69) is 10.4 Å². The number of aliphatic carboxylic acids is 1. The third-order valence-electron chi connectivity index (χ3n) is 3.91. The zero-order valence-electron chi connectivity index (χ0n) is 11.6. The van der Waals surface area contributed by atoms with Gasteiger partial charge in [-0.1, -0.05) is 13.8 Å². The van der Waals surface area contributed by atoms with Gasteiger partial charge in [0.25, 0.3) is 0 Å². The molecule has 2 atom stereocenters. The summed E-state index contributed by atoms with van der Waals surface area (Å²) in [7, 11) is 0. The van der Waals surface area contributed by atoms with Crippen molar-refractivity contribution >= 4 is 17.7 Å². The van der Waals surface area contributed by atoms with Gasteiger partial charge >= 0.3 is 5.97 Å². The van der Waals surface area contributed by atoms with Gasteiger partial charge in [-0.25, -0.2) is 0 Å². The molecule has 1 aliphatic carbocycles. The summed E-state index contributed by atoms with van der Waals surface area (Å²) in [6, 6.07) is 1.78. The number of carboxylic acids is 1. The average Bonchev–Trinajstić information content (AvgIpc) is 2.71. The third kappa shape index (κ3) is 2.22. The van der Waals surface area contributed by atoms with Crippen molar-refractivity contribution in [2.45, 2.75) is 34.2 Å². The van der Waals surface area contributed by atoms with Crippen molar-refractivity contribution in [2.75, 3.05) is 5.32 Å². The molecule has 1 aromatic heterocycles. The number of anilines is 1. The van der Waals surface area contributed by atoms with Gasteiger partial charge in [-0.15, -0.1) is 0 Å². The monoisotopic (exact) mass is 265 g/mol. The summed E-state index contributed by atoms with van der Waals surface area (Å²) < 4.78 is 1.78. The minimum Gasteiger partial charge on any atom is -0.481 e. The number of hydrogen-bond acceptors (Lipinski definition) is 3. The van der Waals surface area contributed by atoms with Crippen LogP contribution in [0.1, 0.15) is 26.5 Å². The van der Waals surface area contributed by atoms with E-state index in [-0.39, 0.29) is 5.91 Å². The highest BCUT2D eigenvalue weighted by Crippen LogP contribution is 2.58. The summed E-state index contributed by atoms with van der Waals surface area (Å²) in [4.78, 5) is 23.1. The van der Waals surface area contributed by atoms with Crippen molar-refractivity contribution in [3.63, 3.8) is 0 Å². The van der Waals surface area contributed by atoms with Crippen molar-refractivity contribution < 1.29 is 14.7 Å². The van der Waals surface area contributed by atoms with Crippen LogP contribution in [0.25, 0.3) is 0 Å². The Morgan fingerprint density at radius 2 is 2.11 bits per heavy atom. The molecule has 1 fully saturated rings. The Morgan fingerprint density at radius 1 is 1.47 bits per heavy atom. The molecule has 2 N–H and O–H groups in total. The Kier molecular flexibility index (Phi) is 3.12. The number of carbonyl (C=O) groups excluding carboxylic acids is 1. The van der Waals surface area contributed by atoms with Crippen molar-refractivity contribution in [2.24, 2.45) is 17.3 Å². The maximum atomic E-state index is 12.1. The van der Waals surface area contributed by atoms with E-state index in [0.717, 1.165) is 12.2 Å². The van der Waals surface area contributed by atoms with Crippen LogP contribution in [0.15, 0.2) is 6.07 Å². The molecule has 1 aromatic rings. The molecule has 0 radical (unpaired) electrons. The van der Waals surface area contributed by atoms with E-state index in [1.54, 1.807) is 24.6 Å². The highest BCUT2D eigenvalue weighted by molar-refractivity contribution is 5.99. The molecular formula is C13H19N3O3. The second-order valence-corrected chi connectivity index (χ2v) is 5.59. The van der Waals surface area contributed by atoms with Crippen LogP contribution < -0.4 is 5.32 Å². The van der Waals surface area contributed by atoms with Crippen molar-refractivity contribution in [1.82, 2.24) is 9.78 Å². The maximum Gasteiger partial charge on any atom is 0.307 e. The largest absolute Gasteiger partial charge is 0.481 e. The first kappa shape index (κ1) is 13.6. The summed E-state index contributed by atoms with van der Waals surface area (Å²) in [5, 5.41) is 16.0. The SMILES string of the molecule is CCn1nc(NC(=O)C2C(C(=O)O)C2(C)C)cc1C. The third-order valence-corrected chi connectivity index (χ3v) is 3.91. The van der Waals surface area contributed by atoms with Gasteiger partial charge < -0.3 is 10.4 Å². The maximum absolute atomic E-state index is 12.1. The lowest BCUT2D eigenvalue weighted by Gasteiger charge is -2.02. The molecule has 6 nitrogen and oxygen atoms in total. The number of hydrogen-bond donors (Lipinski definition) is 2. The zero-order valence-corrected chi connectivity index (χ0v) is 11.6. The lowest BCUT2D eigenvalue weighted by Crippen LogP contribution is -2.18. The van der Waals surface area contributed by atoms with E-state index in [4.69, 9.17) is 5.11 Å². The quantitative estimate of drug-likeness (QED) is 0.864. The molecule has 6 heteroatoms. The van der Waals surface area contributed by atoms with Crippen LogP contribution in [0.3, 0.4) is 0 Å². The van der Waals surface area contributed by atoms with Crippen molar-refractivity contribution in [3.8, 4) is 0 Å². The topological polar surface area (TPSA) is 84.2 Å². The predicted molar refractivity (Wildman–Crippen MR) is 69.7 cm³/mol. The van der Waals surface area contributed by atoms with Gasteiger partial charge in [-0.05, 0) is 19.3 Å². The summed E-state index contributed by atoms with van der Waals surface area (Å²) in [6.07, 6.45) is 0. The normalized spacial score (nSPS) is 24.0. The number of nitrogens with zero attached hydrogens (tertiary/aromatic N) is 2. The Bertz CT molecular complexity index is 533. The van der Waals surface area contributed by atoms with Crippen LogP contribution in [0.4, 0.5) is 5.82 Å². The number of rotatable bonds is 4. The molecule has 19 heavy (non-hydrogen) atoms. The van der Waals surface area contributed by atoms with Crippen LogP contribution in [0.2, 0.25) is 0 Å². The molecular weight excluding hydrogens is 246 g/mol. The lowest BCUT2D eigenvalue weighted by molar-refractivity contribution is -0.140. The molecule has 2 unspecified atom stereocenters. The molecule has 0 bridgehead atoms. The number of carboxylic acid groups (broad SMARTS) is 1. The van der Waals surface area contributed by atoms with Gasteiger partial charge in [-0.3, -0.25) is 14.3 Å². The Balaban J connectivity index is 2.08. The van der Waals surface area contributed by atoms with Gasteiger partial charge in [0.15, 0.2) is 5.82 Å². The fourth-order valence-corrected chi connectivity index (χ4v) is 2.68. The molecule has 104 valence electrons. The Morgan fingerprint density at radius 3 is 2.53 bits per heavy atom. The van der Waals surface area contributed by atoms with E-state index < -0.39 is 23.2 Å². The van der Waals surface area contributed by atoms with Crippen molar-refractivity contribution in [3.05, 3.63) is 11.8 Å². The van der Waals surface area contributed by atoms with Gasteiger partial charge in [0.05, 0.1) is 11.8 Å². The molecule has 0 aromatic carbocycles. The number of nitrogens with one attached hydrogen (secondary N) is 1. The van der Waals surface area contributed by atoms with Gasteiger partial charge in [-0.2, -0.15) is 5.10 Å². The molecule has 1 aliphatic rings. The van der Waals surface area contributed by atoms with E-state index in [1.807, 2.05) is 13.8 Å². The summed E-state index contributed by atoms with van der Waals surface area (Å²) in [5.74, 6) is -1.80. The molecule has 0 aliphatic heterocycles. The highest BCUT2D eigenvalue weighted by atomic mass is 16.4. The fourth-order valence-electron chi connectivity index (χ4n) is 2.68. The number of amides is 1. The van der Waals surface area contributed by atoms with E-state index in [1.165, 1.54) is 0 Å². The van der Waals surface area contributed by atoms with Gasteiger partial charge in [0, 0.05) is 18.3 Å². The standard InChI is InChI=1S/C13H19N3O3/c1-5-16-7(2)6-8(15-16)14-11(17)9-10(12(18)19)13(9,3)4/h6,9-10H,5H2,1-4H3,(H,18,19)(H,14,15,17). The van der Waals surface area contributed by atoms with Crippen molar-refractivity contribution in [1.29, 1.82) is 0 Å². The fraction of sp³-hybridized carbons (Fsp3) is 0.615. The Hall–Kier alpha value is -1.85. The Labute approximate surface area is 111 Å². The van der Waals surface area contributed by atoms with E-state index >= 15 is 0 Å². The molecule has 1 amide bonds. The molecule has 0 saturated heterocycles. The first-order valence-electron chi connectivity index (χ1n) is 6.37. The number of aromatic nitrogens is 2. The highest BCUT2D eigenvalue weighted by Gasteiger charge is 2.65. The molecule has 1 heterocycles. The second-order valence-electron chi connectivity index (χ2n) is 5.59. The smallest absolute Gasteiger partial charge is 0.307 e. The summed E-state index contributed by atoms with van der Waals surface area (Å²) in [5.41, 5.74) is 0.473. The lowest BCUT2D eigenvalue weighted by atomic mass is 10.1. The van der Waals surface area contributed by atoms with Crippen LogP contribution in [-0.2, 0) is 16.1 Å².